The number of hydrogen-bond donors (Lipinski definition) is 2. The third kappa shape index (κ3) is 2.15. The Labute approximate surface area is 88.6 Å². The molecule has 1 unspecified atom stereocenters. The lowest BCUT2D eigenvalue weighted by Gasteiger charge is -2.31. The number of aromatic nitrogens is 3. The van der Waals surface area contributed by atoms with Crippen molar-refractivity contribution < 1.29 is 0 Å². The lowest BCUT2D eigenvalue weighted by atomic mass is 10.1. The third-order valence-electron chi connectivity index (χ3n) is 2.81. The van der Waals surface area contributed by atoms with E-state index in [1.54, 1.807) is 6.33 Å². The van der Waals surface area contributed by atoms with Crippen LogP contribution in [-0.4, -0.2) is 38.1 Å². The minimum Gasteiger partial charge on any atom is -0.388 e. The molecule has 0 fully saturated rings. The summed E-state index contributed by atoms with van der Waals surface area (Å²) in [6.45, 7) is 4.78. The lowest BCUT2D eigenvalue weighted by molar-refractivity contribution is 0.166. The van der Waals surface area contributed by atoms with Gasteiger partial charge in [0.1, 0.15) is 12.2 Å². The van der Waals surface area contributed by atoms with Gasteiger partial charge in [0.15, 0.2) is 0 Å². The number of rotatable bonds is 3. The van der Waals surface area contributed by atoms with Gasteiger partial charge in [0, 0.05) is 25.6 Å². The zero-order chi connectivity index (χ0) is 10.8. The Balaban J connectivity index is 2.00. The van der Waals surface area contributed by atoms with Crippen LogP contribution in [0.15, 0.2) is 6.33 Å². The summed E-state index contributed by atoms with van der Waals surface area (Å²) < 4.78 is 2.07. The average Bonchev–Trinajstić information content (AvgIpc) is 2.62. The Kier molecular flexibility index (Phi) is 2.68. The molecular weight excluding hydrogens is 192 g/mol. The molecule has 82 valence electrons. The molecule has 6 nitrogen and oxygen atoms in total. The highest BCUT2D eigenvalue weighted by atomic mass is 15.3. The molecule has 0 saturated carbocycles. The molecule has 3 N–H and O–H groups in total. The molecule has 1 aromatic heterocycles. The van der Waals surface area contributed by atoms with Crippen molar-refractivity contribution in [2.45, 2.75) is 32.5 Å². The normalized spacial score (nSPS) is 18.5. The standard InChI is InChI=1S/C9H16N6/c1-7(4-8(10)11)14-2-3-15-6-12-13-9(15)5-14/h6-7H,2-5H2,1H3,(H3,10,11). The van der Waals surface area contributed by atoms with Crippen LogP contribution in [0.5, 0.6) is 0 Å². The van der Waals surface area contributed by atoms with Crippen molar-refractivity contribution >= 4 is 5.84 Å². The van der Waals surface area contributed by atoms with Crippen molar-refractivity contribution in [2.24, 2.45) is 5.73 Å². The molecule has 1 aliphatic rings. The van der Waals surface area contributed by atoms with Crippen molar-refractivity contribution in [1.29, 1.82) is 5.41 Å². The Morgan fingerprint density at radius 3 is 3.20 bits per heavy atom. The summed E-state index contributed by atoms with van der Waals surface area (Å²) in [6, 6.07) is 0.299. The lowest BCUT2D eigenvalue weighted by Crippen LogP contribution is -2.41. The zero-order valence-electron chi connectivity index (χ0n) is 8.85. The number of fused-ring (bicyclic) bond motifs is 1. The van der Waals surface area contributed by atoms with Crippen LogP contribution in [0.25, 0.3) is 0 Å². The number of nitrogens with one attached hydrogen (secondary N) is 1. The van der Waals surface area contributed by atoms with E-state index in [-0.39, 0.29) is 5.84 Å². The highest BCUT2D eigenvalue weighted by Crippen LogP contribution is 2.13. The van der Waals surface area contributed by atoms with Gasteiger partial charge >= 0.3 is 0 Å². The first-order valence-corrected chi connectivity index (χ1v) is 5.10. The van der Waals surface area contributed by atoms with Gasteiger partial charge in [-0.1, -0.05) is 0 Å². The molecule has 1 aromatic rings. The number of amidine groups is 1. The van der Waals surface area contributed by atoms with Crippen LogP contribution in [-0.2, 0) is 13.1 Å². The Bertz CT molecular complexity index is 357. The van der Waals surface area contributed by atoms with Crippen molar-refractivity contribution in [3.05, 3.63) is 12.2 Å². The van der Waals surface area contributed by atoms with Gasteiger partial charge in [-0.3, -0.25) is 10.3 Å². The second kappa shape index (κ2) is 3.98. The highest BCUT2D eigenvalue weighted by Gasteiger charge is 2.21. The SMILES string of the molecule is CC(CC(=N)N)N1CCn2cnnc2C1. The summed E-state index contributed by atoms with van der Waals surface area (Å²) in [5.74, 6) is 1.24. The molecule has 0 saturated heterocycles. The summed E-state index contributed by atoms with van der Waals surface area (Å²) in [5.41, 5.74) is 5.40. The summed E-state index contributed by atoms with van der Waals surface area (Å²) >= 11 is 0. The molecule has 15 heavy (non-hydrogen) atoms. The van der Waals surface area contributed by atoms with E-state index in [4.69, 9.17) is 11.1 Å². The molecule has 1 atom stereocenters. The summed E-state index contributed by atoms with van der Waals surface area (Å²) in [7, 11) is 0. The maximum atomic E-state index is 7.28. The van der Waals surface area contributed by atoms with Crippen LogP contribution in [0.4, 0.5) is 0 Å². The van der Waals surface area contributed by atoms with Gasteiger partial charge in [-0.15, -0.1) is 10.2 Å². The molecule has 1 aliphatic heterocycles. The predicted octanol–water partition coefficient (Wildman–Crippen LogP) is -0.192. The van der Waals surface area contributed by atoms with E-state index in [1.165, 1.54) is 0 Å². The van der Waals surface area contributed by atoms with Gasteiger partial charge < -0.3 is 10.3 Å². The second-order valence-electron chi connectivity index (χ2n) is 3.99. The van der Waals surface area contributed by atoms with E-state index in [0.29, 0.717) is 12.5 Å². The van der Waals surface area contributed by atoms with Crippen LogP contribution in [0.2, 0.25) is 0 Å². The molecule has 2 rings (SSSR count). The summed E-state index contributed by atoms with van der Waals surface area (Å²) in [4.78, 5) is 2.28. The van der Waals surface area contributed by atoms with E-state index < -0.39 is 0 Å². The fourth-order valence-corrected chi connectivity index (χ4v) is 1.91. The fraction of sp³-hybridized carbons (Fsp3) is 0.667. The van der Waals surface area contributed by atoms with Crippen molar-refractivity contribution in [3.8, 4) is 0 Å². The molecule has 0 aromatic carbocycles. The van der Waals surface area contributed by atoms with Crippen molar-refractivity contribution in [1.82, 2.24) is 19.7 Å². The van der Waals surface area contributed by atoms with Gasteiger partial charge in [-0.2, -0.15) is 0 Å². The van der Waals surface area contributed by atoms with Crippen molar-refractivity contribution in [3.63, 3.8) is 0 Å². The monoisotopic (exact) mass is 208 g/mol. The molecule has 0 bridgehead atoms. The Hall–Kier alpha value is -1.43. The maximum Gasteiger partial charge on any atom is 0.147 e. The quantitative estimate of drug-likeness (QED) is 0.532. The first-order chi connectivity index (χ1) is 7.16. The number of nitrogens with zero attached hydrogens (tertiary/aromatic N) is 4. The van der Waals surface area contributed by atoms with Crippen LogP contribution in [0.1, 0.15) is 19.2 Å². The smallest absolute Gasteiger partial charge is 0.147 e. The third-order valence-corrected chi connectivity index (χ3v) is 2.81. The predicted molar refractivity (Wildman–Crippen MR) is 56.4 cm³/mol. The average molecular weight is 208 g/mol. The van der Waals surface area contributed by atoms with Crippen LogP contribution >= 0.6 is 0 Å². The van der Waals surface area contributed by atoms with E-state index in [1.807, 2.05) is 0 Å². The molecule has 6 heteroatoms. The molecule has 0 spiro atoms. The highest BCUT2D eigenvalue weighted by molar-refractivity contribution is 5.77. The van der Waals surface area contributed by atoms with Gasteiger partial charge in [0.2, 0.25) is 0 Å². The van der Waals surface area contributed by atoms with Crippen LogP contribution in [0.3, 0.4) is 0 Å². The Morgan fingerprint density at radius 1 is 1.67 bits per heavy atom. The van der Waals surface area contributed by atoms with E-state index in [0.717, 1.165) is 25.5 Å². The second-order valence-corrected chi connectivity index (χ2v) is 3.99. The largest absolute Gasteiger partial charge is 0.388 e. The van der Waals surface area contributed by atoms with Gasteiger partial charge in [-0.25, -0.2) is 0 Å². The first-order valence-electron chi connectivity index (χ1n) is 5.10. The number of hydrogen-bond acceptors (Lipinski definition) is 4. The van der Waals surface area contributed by atoms with Gasteiger partial charge in [0.25, 0.3) is 0 Å². The van der Waals surface area contributed by atoms with Crippen LogP contribution in [0, 0.1) is 5.41 Å². The fourth-order valence-electron chi connectivity index (χ4n) is 1.91. The Morgan fingerprint density at radius 2 is 2.47 bits per heavy atom. The van der Waals surface area contributed by atoms with Gasteiger partial charge in [0.05, 0.1) is 12.4 Å². The molecule has 0 aliphatic carbocycles. The summed E-state index contributed by atoms with van der Waals surface area (Å²) in [5, 5.41) is 15.2. The zero-order valence-corrected chi connectivity index (χ0v) is 8.85. The maximum absolute atomic E-state index is 7.28. The minimum absolute atomic E-state index is 0.245. The van der Waals surface area contributed by atoms with E-state index in [2.05, 4.69) is 26.6 Å². The molecular formula is C9H16N6. The van der Waals surface area contributed by atoms with Crippen LogP contribution < -0.4 is 5.73 Å². The van der Waals surface area contributed by atoms with Crippen molar-refractivity contribution in [2.75, 3.05) is 6.54 Å². The van der Waals surface area contributed by atoms with E-state index >= 15 is 0 Å². The first kappa shape index (κ1) is 10.1. The summed E-state index contributed by atoms with van der Waals surface area (Å²) in [6.07, 6.45) is 2.39. The topological polar surface area (TPSA) is 83.8 Å². The van der Waals surface area contributed by atoms with E-state index in [9.17, 15) is 0 Å². The van der Waals surface area contributed by atoms with Gasteiger partial charge in [-0.05, 0) is 6.92 Å². The molecule has 2 heterocycles. The number of nitrogens with two attached hydrogens (primary N) is 1. The molecule has 0 amide bonds. The molecule has 0 radical (unpaired) electrons. The minimum atomic E-state index is 0.245.